The first-order valence-corrected chi connectivity index (χ1v) is 8.12. The molecule has 0 spiro atoms. The number of nitrogens with zero attached hydrogens (tertiary/aromatic N) is 2. The van der Waals surface area contributed by atoms with Gasteiger partial charge in [-0.2, -0.15) is 0 Å². The van der Waals surface area contributed by atoms with Gasteiger partial charge in [-0.3, -0.25) is 14.3 Å². The van der Waals surface area contributed by atoms with Crippen LogP contribution in [-0.2, 0) is 0 Å². The number of benzene rings is 1. The highest BCUT2D eigenvalue weighted by molar-refractivity contribution is 5.58. The van der Waals surface area contributed by atoms with Gasteiger partial charge < -0.3 is 10.5 Å². The second-order valence-corrected chi connectivity index (χ2v) is 6.40. The lowest BCUT2D eigenvalue weighted by Crippen LogP contribution is -2.37. The Bertz CT molecular complexity index is 917. The summed E-state index contributed by atoms with van der Waals surface area (Å²) in [5.74, 6) is 0.670. The summed E-state index contributed by atoms with van der Waals surface area (Å²) in [6.45, 7) is 4.24. The maximum atomic E-state index is 12.3. The summed E-state index contributed by atoms with van der Waals surface area (Å²) in [4.78, 5) is 16.7. The van der Waals surface area contributed by atoms with Gasteiger partial charge in [-0.05, 0) is 44.2 Å². The van der Waals surface area contributed by atoms with Crippen LogP contribution in [0, 0.1) is 0 Å². The molecule has 2 N–H and O–H groups in total. The number of rotatable bonds is 5. The molecule has 0 fully saturated rings. The Hall–Kier alpha value is -2.92. The topological polar surface area (TPSA) is 70.1 Å². The van der Waals surface area contributed by atoms with E-state index in [-0.39, 0.29) is 5.56 Å². The summed E-state index contributed by atoms with van der Waals surface area (Å²) in [7, 11) is 0. The molecule has 2 aromatic heterocycles. The molecular weight excluding hydrogens is 314 g/mol. The fourth-order valence-electron chi connectivity index (χ4n) is 2.43. The predicted molar refractivity (Wildman–Crippen MR) is 99.0 cm³/mol. The van der Waals surface area contributed by atoms with Crippen LogP contribution in [0.25, 0.3) is 16.9 Å². The zero-order chi connectivity index (χ0) is 17.9. The van der Waals surface area contributed by atoms with Gasteiger partial charge in [-0.15, -0.1) is 0 Å². The minimum atomic E-state index is -0.473. The Balaban J connectivity index is 2.01. The normalized spacial score (nSPS) is 11.3. The Kier molecular flexibility index (Phi) is 4.67. The number of hydrogen-bond acceptors (Lipinski definition) is 4. The lowest BCUT2D eigenvalue weighted by Gasteiger charge is -2.24. The van der Waals surface area contributed by atoms with Crippen LogP contribution >= 0.6 is 0 Å². The monoisotopic (exact) mass is 335 g/mol. The summed E-state index contributed by atoms with van der Waals surface area (Å²) < 4.78 is 7.50. The van der Waals surface area contributed by atoms with Crippen LogP contribution in [-0.4, -0.2) is 21.7 Å². The van der Waals surface area contributed by atoms with Crippen LogP contribution < -0.4 is 16.0 Å². The number of nitrogens with two attached hydrogens (primary N) is 1. The molecule has 0 atom stereocenters. The molecule has 0 saturated heterocycles. The molecule has 0 unspecified atom stereocenters. The number of ether oxygens (including phenoxy) is 1. The summed E-state index contributed by atoms with van der Waals surface area (Å²) in [6, 6.07) is 16.4. The summed E-state index contributed by atoms with van der Waals surface area (Å²) >= 11 is 0. The van der Waals surface area contributed by atoms with Crippen molar-refractivity contribution in [3.05, 3.63) is 77.3 Å². The Morgan fingerprint density at radius 1 is 1.12 bits per heavy atom. The van der Waals surface area contributed by atoms with Gasteiger partial charge >= 0.3 is 0 Å². The van der Waals surface area contributed by atoms with Crippen molar-refractivity contribution in [3.63, 3.8) is 0 Å². The van der Waals surface area contributed by atoms with E-state index in [1.54, 1.807) is 29.1 Å². The lowest BCUT2D eigenvalue weighted by atomic mass is 10.1. The van der Waals surface area contributed by atoms with Gasteiger partial charge in [0.1, 0.15) is 11.4 Å². The average Bonchev–Trinajstić information content (AvgIpc) is 2.63. The summed E-state index contributed by atoms with van der Waals surface area (Å²) in [6.07, 6.45) is 3.52. The molecule has 0 radical (unpaired) electrons. The molecular formula is C20H21N3O2. The molecule has 0 bridgehead atoms. The number of hydrogen-bond donors (Lipinski definition) is 1. The molecule has 0 saturated carbocycles. The van der Waals surface area contributed by atoms with Crippen molar-refractivity contribution in [3.8, 4) is 22.7 Å². The molecule has 3 rings (SSSR count). The second kappa shape index (κ2) is 6.91. The van der Waals surface area contributed by atoms with Crippen molar-refractivity contribution in [2.75, 3.05) is 6.54 Å². The third kappa shape index (κ3) is 3.95. The van der Waals surface area contributed by atoms with Crippen LogP contribution in [0.5, 0.6) is 5.75 Å². The van der Waals surface area contributed by atoms with E-state index in [0.717, 1.165) is 16.9 Å². The molecule has 25 heavy (non-hydrogen) atoms. The van der Waals surface area contributed by atoms with Crippen molar-refractivity contribution in [1.29, 1.82) is 0 Å². The molecule has 2 heterocycles. The molecule has 0 aliphatic heterocycles. The molecule has 0 aliphatic rings. The zero-order valence-electron chi connectivity index (χ0n) is 14.3. The molecule has 0 amide bonds. The maximum absolute atomic E-state index is 12.3. The lowest BCUT2D eigenvalue weighted by molar-refractivity contribution is 0.119. The first-order valence-electron chi connectivity index (χ1n) is 8.12. The van der Waals surface area contributed by atoms with E-state index in [0.29, 0.717) is 12.3 Å². The van der Waals surface area contributed by atoms with Crippen LogP contribution in [0.3, 0.4) is 0 Å². The fraction of sp³-hybridized carbons (Fsp3) is 0.200. The molecule has 128 valence electrons. The zero-order valence-corrected chi connectivity index (χ0v) is 14.3. The van der Waals surface area contributed by atoms with Crippen molar-refractivity contribution >= 4 is 0 Å². The largest absolute Gasteiger partial charge is 0.486 e. The van der Waals surface area contributed by atoms with Gasteiger partial charge in [0.2, 0.25) is 0 Å². The highest BCUT2D eigenvalue weighted by Gasteiger charge is 2.17. The Morgan fingerprint density at radius 2 is 1.96 bits per heavy atom. The van der Waals surface area contributed by atoms with E-state index in [4.69, 9.17) is 10.5 Å². The smallest absolute Gasteiger partial charge is 0.255 e. The van der Waals surface area contributed by atoms with Crippen molar-refractivity contribution < 1.29 is 4.74 Å². The van der Waals surface area contributed by atoms with Gasteiger partial charge in [-0.1, -0.05) is 12.1 Å². The molecule has 5 nitrogen and oxygen atoms in total. The maximum Gasteiger partial charge on any atom is 0.255 e. The highest BCUT2D eigenvalue weighted by Crippen LogP contribution is 2.22. The third-order valence-corrected chi connectivity index (χ3v) is 3.85. The Morgan fingerprint density at radius 3 is 2.68 bits per heavy atom. The van der Waals surface area contributed by atoms with Crippen LogP contribution in [0.1, 0.15) is 13.8 Å². The van der Waals surface area contributed by atoms with E-state index in [1.165, 1.54) is 0 Å². The first-order chi connectivity index (χ1) is 12.0. The van der Waals surface area contributed by atoms with Gasteiger partial charge in [0, 0.05) is 36.6 Å². The number of pyridine rings is 2. The van der Waals surface area contributed by atoms with Crippen LogP contribution in [0.15, 0.2) is 71.8 Å². The van der Waals surface area contributed by atoms with E-state index in [9.17, 15) is 4.79 Å². The van der Waals surface area contributed by atoms with Crippen LogP contribution in [0.2, 0.25) is 0 Å². The number of aromatic nitrogens is 2. The fourth-order valence-corrected chi connectivity index (χ4v) is 2.43. The molecule has 5 heteroatoms. The van der Waals surface area contributed by atoms with Gasteiger partial charge in [0.15, 0.2) is 0 Å². The SMILES string of the molecule is CC(C)(CN)Oc1cccc(-n2cc(-c3ccccn3)ccc2=O)c1. The minimum Gasteiger partial charge on any atom is -0.486 e. The summed E-state index contributed by atoms with van der Waals surface area (Å²) in [5.41, 5.74) is 7.55. The molecule has 3 aromatic rings. The van der Waals surface area contributed by atoms with Crippen molar-refractivity contribution in [2.45, 2.75) is 19.4 Å². The molecule has 1 aromatic carbocycles. The Labute approximate surface area is 146 Å². The third-order valence-electron chi connectivity index (χ3n) is 3.85. The van der Waals surface area contributed by atoms with Gasteiger partial charge in [0.05, 0.1) is 11.4 Å². The first kappa shape index (κ1) is 16.9. The van der Waals surface area contributed by atoms with Gasteiger partial charge in [-0.25, -0.2) is 0 Å². The average molecular weight is 335 g/mol. The predicted octanol–water partition coefficient (Wildman–Crippen LogP) is 3.02. The van der Waals surface area contributed by atoms with E-state index >= 15 is 0 Å². The van der Waals surface area contributed by atoms with Crippen molar-refractivity contribution in [1.82, 2.24) is 9.55 Å². The van der Waals surface area contributed by atoms with E-state index < -0.39 is 5.60 Å². The van der Waals surface area contributed by atoms with E-state index in [2.05, 4.69) is 4.98 Å². The van der Waals surface area contributed by atoms with Crippen LogP contribution in [0.4, 0.5) is 0 Å². The van der Waals surface area contributed by atoms with Crippen molar-refractivity contribution in [2.24, 2.45) is 5.73 Å². The highest BCUT2D eigenvalue weighted by atomic mass is 16.5. The molecule has 0 aliphatic carbocycles. The standard InChI is InChI=1S/C20H21N3O2/c1-20(2,14-21)25-17-7-5-6-16(12-17)23-13-15(9-10-19(23)24)18-8-3-4-11-22-18/h3-13H,14,21H2,1-2H3. The summed E-state index contributed by atoms with van der Waals surface area (Å²) in [5, 5.41) is 0. The quantitative estimate of drug-likeness (QED) is 0.778. The minimum absolute atomic E-state index is 0.116. The second-order valence-electron chi connectivity index (χ2n) is 6.40. The van der Waals surface area contributed by atoms with Gasteiger partial charge in [0.25, 0.3) is 5.56 Å². The van der Waals surface area contributed by atoms with E-state index in [1.807, 2.05) is 56.3 Å².